The first-order chi connectivity index (χ1) is 29.2. The maximum Gasteiger partial charge on any atom is 0.108 e. The van der Waals surface area contributed by atoms with Gasteiger partial charge in [0.25, 0.3) is 0 Å². The normalized spacial score (nSPS) is 11.6. The van der Waals surface area contributed by atoms with Gasteiger partial charge in [-0.1, -0.05) is 213 Å². The standard InChI is InChI=1S/C52H92N2O5/c1-6-11-16-21-26-31-44-56-53(57-45-32-27-22-17-12-7-2)50-39-35-48(36-40-50)52(55-43-30-25-20-15-10-5)49-37-41-51(42-38-49)54(58-46-33-28-23-18-13-8-3)59-47-34-29-24-19-14-9-4/h35-42,52H,6-34,43-47H2,1-5H3. The Labute approximate surface area is 364 Å². The molecule has 0 fully saturated rings. The first-order valence-electron chi connectivity index (χ1n) is 25.1. The summed E-state index contributed by atoms with van der Waals surface area (Å²) in [4.78, 5) is 25.1. The molecule has 7 nitrogen and oxygen atoms in total. The van der Waals surface area contributed by atoms with Gasteiger partial charge in [-0.2, -0.15) is 0 Å². The number of anilines is 2. The van der Waals surface area contributed by atoms with Crippen molar-refractivity contribution in [2.75, 3.05) is 43.5 Å². The Morgan fingerprint density at radius 3 is 0.814 bits per heavy atom. The lowest BCUT2D eigenvalue weighted by atomic mass is 10.0. The Hall–Kier alpha value is -2.16. The third-order valence-electron chi connectivity index (χ3n) is 11.2. The van der Waals surface area contributed by atoms with Gasteiger partial charge in [-0.25, -0.2) is 19.4 Å². The number of unbranched alkanes of at least 4 members (excludes halogenated alkanes) is 24. The van der Waals surface area contributed by atoms with E-state index in [1.54, 1.807) is 10.5 Å². The zero-order valence-corrected chi connectivity index (χ0v) is 39.2. The van der Waals surface area contributed by atoms with Crippen LogP contribution in [0.3, 0.4) is 0 Å². The van der Waals surface area contributed by atoms with Crippen molar-refractivity contribution in [3.63, 3.8) is 0 Å². The van der Waals surface area contributed by atoms with Gasteiger partial charge in [-0.3, -0.25) is 0 Å². The van der Waals surface area contributed by atoms with Gasteiger partial charge in [0.05, 0.1) is 37.8 Å². The van der Waals surface area contributed by atoms with Crippen LogP contribution < -0.4 is 10.5 Å². The van der Waals surface area contributed by atoms with E-state index in [1.165, 1.54) is 154 Å². The van der Waals surface area contributed by atoms with Crippen LogP contribution in [0.5, 0.6) is 0 Å². The van der Waals surface area contributed by atoms with Crippen molar-refractivity contribution in [1.82, 2.24) is 0 Å². The van der Waals surface area contributed by atoms with E-state index in [9.17, 15) is 0 Å². The molecule has 0 unspecified atom stereocenters. The number of ether oxygens (including phenoxy) is 1. The highest BCUT2D eigenvalue weighted by Gasteiger charge is 2.18. The molecule has 0 aliphatic heterocycles. The second kappa shape index (κ2) is 38.7. The fourth-order valence-electron chi connectivity index (χ4n) is 7.33. The van der Waals surface area contributed by atoms with Gasteiger partial charge < -0.3 is 4.74 Å². The van der Waals surface area contributed by atoms with E-state index < -0.39 is 0 Å². The largest absolute Gasteiger partial charge is 0.369 e. The Morgan fingerprint density at radius 1 is 0.305 bits per heavy atom. The highest BCUT2D eigenvalue weighted by molar-refractivity contribution is 5.48. The molecule has 0 saturated heterocycles. The van der Waals surface area contributed by atoms with Crippen LogP contribution in [0, 0.1) is 0 Å². The first kappa shape index (κ1) is 53.0. The minimum Gasteiger partial charge on any atom is -0.369 e. The average molecular weight is 825 g/mol. The molecule has 2 aromatic rings. The molecule has 59 heavy (non-hydrogen) atoms. The third kappa shape index (κ3) is 26.7. The van der Waals surface area contributed by atoms with E-state index in [-0.39, 0.29) is 6.10 Å². The molecular formula is C52H92N2O5. The molecule has 2 rings (SSSR count). The number of benzene rings is 2. The Kier molecular flexibility index (Phi) is 34.8. The molecule has 0 spiro atoms. The zero-order chi connectivity index (χ0) is 42.3. The van der Waals surface area contributed by atoms with Gasteiger partial charge in [0.2, 0.25) is 0 Å². The van der Waals surface area contributed by atoms with Crippen LogP contribution in [0.15, 0.2) is 48.5 Å². The fraction of sp³-hybridized carbons (Fsp3) is 0.769. The van der Waals surface area contributed by atoms with Crippen LogP contribution in [-0.4, -0.2) is 33.0 Å². The highest BCUT2D eigenvalue weighted by Crippen LogP contribution is 2.31. The van der Waals surface area contributed by atoms with Gasteiger partial charge in [0, 0.05) is 6.61 Å². The van der Waals surface area contributed by atoms with Crippen molar-refractivity contribution in [2.24, 2.45) is 0 Å². The van der Waals surface area contributed by atoms with Gasteiger partial charge in [0.15, 0.2) is 0 Å². The first-order valence-corrected chi connectivity index (χ1v) is 25.1. The molecule has 0 aliphatic carbocycles. The lowest BCUT2D eigenvalue weighted by molar-refractivity contribution is -0.0916. The summed E-state index contributed by atoms with van der Waals surface area (Å²) in [6, 6.07) is 17.2. The molecule has 0 N–H and O–H groups in total. The van der Waals surface area contributed by atoms with Crippen molar-refractivity contribution in [3.8, 4) is 0 Å². The van der Waals surface area contributed by atoms with Crippen molar-refractivity contribution in [1.29, 1.82) is 0 Å². The Bertz CT molecular complexity index is 1040. The molecule has 0 aromatic heterocycles. The van der Waals surface area contributed by atoms with E-state index in [2.05, 4.69) is 83.1 Å². The minimum atomic E-state index is -0.188. The van der Waals surface area contributed by atoms with Gasteiger partial charge >= 0.3 is 0 Å². The molecule has 340 valence electrons. The lowest BCUT2D eigenvalue weighted by Gasteiger charge is -2.25. The molecule has 7 heteroatoms. The van der Waals surface area contributed by atoms with Crippen LogP contribution >= 0.6 is 0 Å². The maximum atomic E-state index is 6.72. The van der Waals surface area contributed by atoms with E-state index in [0.717, 1.165) is 61.2 Å². The highest BCUT2D eigenvalue weighted by atomic mass is 17.0. The fourth-order valence-corrected chi connectivity index (χ4v) is 7.33. The molecule has 0 bridgehead atoms. The molecule has 0 atom stereocenters. The number of nitrogens with zero attached hydrogens (tertiary/aromatic N) is 2. The summed E-state index contributed by atoms with van der Waals surface area (Å²) in [6.45, 7) is 14.7. The van der Waals surface area contributed by atoms with Crippen LogP contribution in [0.25, 0.3) is 0 Å². The van der Waals surface area contributed by atoms with Crippen molar-refractivity contribution < 1.29 is 24.1 Å². The second-order valence-corrected chi connectivity index (χ2v) is 16.8. The van der Waals surface area contributed by atoms with Gasteiger partial charge in [-0.15, -0.1) is 10.5 Å². The quantitative estimate of drug-likeness (QED) is 0.0488. The molecule has 0 radical (unpaired) electrons. The van der Waals surface area contributed by atoms with Gasteiger partial charge in [0.1, 0.15) is 6.10 Å². The molecule has 0 heterocycles. The third-order valence-corrected chi connectivity index (χ3v) is 11.2. The van der Waals surface area contributed by atoms with Crippen molar-refractivity contribution in [3.05, 3.63) is 59.7 Å². The number of hydrogen-bond acceptors (Lipinski definition) is 7. The van der Waals surface area contributed by atoms with Crippen molar-refractivity contribution >= 4 is 11.4 Å². The lowest BCUT2D eigenvalue weighted by Crippen LogP contribution is -2.25. The van der Waals surface area contributed by atoms with Crippen LogP contribution in [0.1, 0.15) is 238 Å². The predicted molar refractivity (Wildman–Crippen MR) is 252 cm³/mol. The van der Waals surface area contributed by atoms with Crippen LogP contribution in [-0.2, 0) is 24.1 Å². The Balaban J connectivity index is 2.19. The molecule has 0 saturated carbocycles. The summed E-state index contributed by atoms with van der Waals surface area (Å²) in [5, 5.41) is 3.34. The molecule has 0 aliphatic rings. The summed E-state index contributed by atoms with van der Waals surface area (Å²) in [5.41, 5.74) is 4.08. The summed E-state index contributed by atoms with van der Waals surface area (Å²) in [5.74, 6) is 0. The topological polar surface area (TPSA) is 52.6 Å². The smallest absolute Gasteiger partial charge is 0.108 e. The van der Waals surface area contributed by atoms with Crippen LogP contribution in [0.4, 0.5) is 11.4 Å². The maximum absolute atomic E-state index is 6.72. The van der Waals surface area contributed by atoms with Crippen molar-refractivity contribution in [2.45, 2.75) is 227 Å². The zero-order valence-electron chi connectivity index (χ0n) is 39.2. The molecule has 0 amide bonds. The minimum absolute atomic E-state index is 0.188. The monoisotopic (exact) mass is 825 g/mol. The number of rotatable bonds is 43. The summed E-state index contributed by atoms with van der Waals surface area (Å²) in [6.07, 6.45) is 35.4. The predicted octanol–water partition coefficient (Wildman–Crippen LogP) is 16.5. The summed E-state index contributed by atoms with van der Waals surface area (Å²) in [7, 11) is 0. The molecule has 2 aromatic carbocycles. The number of hydrogen-bond donors (Lipinski definition) is 0. The SMILES string of the molecule is CCCCCCCCON(OCCCCCCCC)c1ccc(C(OCCCCCCC)c2ccc(N(OCCCCCCCC)OCCCCCCCC)cc2)cc1. The summed E-state index contributed by atoms with van der Waals surface area (Å²) >= 11 is 0. The van der Waals surface area contributed by atoms with Gasteiger partial charge in [-0.05, 0) is 67.5 Å². The van der Waals surface area contributed by atoms with Crippen LogP contribution in [0.2, 0.25) is 0 Å². The second-order valence-electron chi connectivity index (χ2n) is 16.8. The van der Waals surface area contributed by atoms with E-state index in [1.807, 2.05) is 0 Å². The summed E-state index contributed by atoms with van der Waals surface area (Å²) < 4.78 is 6.72. The molecular weight excluding hydrogens is 733 g/mol. The Morgan fingerprint density at radius 2 is 0.542 bits per heavy atom. The van der Waals surface area contributed by atoms with E-state index in [4.69, 9.17) is 24.1 Å². The average Bonchev–Trinajstić information content (AvgIpc) is 3.26. The van der Waals surface area contributed by atoms with E-state index in [0.29, 0.717) is 26.4 Å². The van der Waals surface area contributed by atoms with E-state index >= 15 is 0 Å².